The summed E-state index contributed by atoms with van der Waals surface area (Å²) in [5.74, 6) is -0.438. The van der Waals surface area contributed by atoms with E-state index >= 15 is 0 Å². The van der Waals surface area contributed by atoms with Crippen molar-refractivity contribution in [2.75, 3.05) is 6.61 Å². The minimum Gasteiger partial charge on any atom is -0.462 e. The number of hydrogen-bond acceptors (Lipinski definition) is 3. The van der Waals surface area contributed by atoms with Gasteiger partial charge in [-0.25, -0.2) is 4.79 Å². The van der Waals surface area contributed by atoms with Crippen molar-refractivity contribution in [1.82, 2.24) is 4.98 Å². The zero-order chi connectivity index (χ0) is 13.4. The van der Waals surface area contributed by atoms with Crippen LogP contribution in [0.4, 0.5) is 8.78 Å². The fraction of sp³-hybridized carbons (Fsp3) is 0.385. The summed E-state index contributed by atoms with van der Waals surface area (Å²) in [6, 6.07) is 3.26. The van der Waals surface area contributed by atoms with Crippen molar-refractivity contribution in [2.24, 2.45) is 0 Å². The van der Waals surface area contributed by atoms with E-state index in [0.717, 1.165) is 0 Å². The smallest absolute Gasteiger partial charge is 0.339 e. The second kappa shape index (κ2) is 7.53. The molecule has 1 aromatic rings. The lowest BCUT2D eigenvalue weighted by Gasteiger charge is -2.04. The maximum Gasteiger partial charge on any atom is 0.339 e. The number of allylic oxidation sites excluding steroid dienone is 1. The zero-order valence-electron chi connectivity index (χ0n) is 10.2. The second-order valence-electron chi connectivity index (χ2n) is 3.88. The van der Waals surface area contributed by atoms with Crippen LogP contribution in [0.25, 0.3) is 0 Å². The first kappa shape index (κ1) is 14.3. The lowest BCUT2D eigenvalue weighted by atomic mass is 10.1. The van der Waals surface area contributed by atoms with Crippen LogP contribution in [0.2, 0.25) is 0 Å². The Kier molecular flexibility index (Phi) is 5.97. The van der Waals surface area contributed by atoms with Gasteiger partial charge < -0.3 is 4.74 Å². The van der Waals surface area contributed by atoms with Gasteiger partial charge in [0, 0.05) is 12.4 Å². The minimum atomic E-state index is -1.62. The number of rotatable bonds is 6. The number of unbranched alkanes of at least 4 members (excludes halogenated alkanes) is 1. The Morgan fingerprint density at radius 2 is 2.17 bits per heavy atom. The minimum absolute atomic E-state index is 0.0913. The highest BCUT2D eigenvalue weighted by molar-refractivity contribution is 5.88. The van der Waals surface area contributed by atoms with E-state index in [9.17, 15) is 13.6 Å². The van der Waals surface area contributed by atoms with Gasteiger partial charge in [-0.3, -0.25) is 4.98 Å². The van der Waals surface area contributed by atoms with Crippen molar-refractivity contribution >= 4 is 5.97 Å². The first-order valence-corrected chi connectivity index (χ1v) is 5.69. The Morgan fingerprint density at radius 1 is 1.39 bits per heavy atom. The third kappa shape index (κ3) is 5.03. The number of ether oxygens (including phenoxy) is 1. The van der Waals surface area contributed by atoms with Crippen molar-refractivity contribution in [3.63, 3.8) is 0 Å². The Morgan fingerprint density at radius 3 is 2.78 bits per heavy atom. The average Bonchev–Trinajstić information content (AvgIpc) is 2.38. The number of pyridine rings is 1. The zero-order valence-corrected chi connectivity index (χ0v) is 10.2. The number of halogens is 2. The summed E-state index contributed by atoms with van der Waals surface area (Å²) in [5.41, 5.74) is 0.483. The number of nitrogens with zero attached hydrogens (tertiary/aromatic N) is 1. The highest BCUT2D eigenvalue weighted by Crippen LogP contribution is 2.14. The number of aromatic nitrogens is 1. The Labute approximate surface area is 104 Å². The van der Waals surface area contributed by atoms with Gasteiger partial charge in [-0.15, -0.1) is 0 Å². The van der Waals surface area contributed by atoms with Gasteiger partial charge in [0.05, 0.1) is 12.2 Å². The van der Waals surface area contributed by atoms with Crippen molar-refractivity contribution in [3.8, 4) is 0 Å². The van der Waals surface area contributed by atoms with Crippen molar-refractivity contribution in [2.45, 2.75) is 26.2 Å². The number of esters is 1. The van der Waals surface area contributed by atoms with Crippen molar-refractivity contribution in [3.05, 3.63) is 41.7 Å². The van der Waals surface area contributed by atoms with Crippen molar-refractivity contribution in [1.29, 1.82) is 0 Å². The van der Waals surface area contributed by atoms with E-state index in [4.69, 9.17) is 4.74 Å². The maximum atomic E-state index is 12.1. The molecule has 0 aromatic carbocycles. The van der Waals surface area contributed by atoms with Gasteiger partial charge in [0.2, 0.25) is 0 Å². The quantitative estimate of drug-likeness (QED) is 0.576. The first-order valence-electron chi connectivity index (χ1n) is 5.69. The molecular weight excluding hydrogens is 240 g/mol. The molecule has 0 aliphatic carbocycles. The number of hydrogen-bond donors (Lipinski definition) is 0. The summed E-state index contributed by atoms with van der Waals surface area (Å²) in [6.45, 7) is 1.63. The Balaban J connectivity index is 2.19. The van der Waals surface area contributed by atoms with E-state index < -0.39 is 12.0 Å². The predicted molar refractivity (Wildman–Crippen MR) is 63.3 cm³/mol. The summed E-state index contributed by atoms with van der Waals surface area (Å²) >= 11 is 0. The topological polar surface area (TPSA) is 39.2 Å². The van der Waals surface area contributed by atoms with E-state index in [2.05, 4.69) is 4.98 Å². The SMILES string of the molecule is CC(CCCCOC(=O)c1cccnc1)=C(F)F. The summed E-state index contributed by atoms with van der Waals surface area (Å²) in [5, 5.41) is 0. The van der Waals surface area contributed by atoms with Crippen LogP contribution in [0, 0.1) is 0 Å². The maximum absolute atomic E-state index is 12.1. The summed E-state index contributed by atoms with van der Waals surface area (Å²) in [4.78, 5) is 15.3. The van der Waals surface area contributed by atoms with Crippen LogP contribution in [0.3, 0.4) is 0 Å². The summed E-state index contributed by atoms with van der Waals surface area (Å²) in [7, 11) is 0. The van der Waals surface area contributed by atoms with Gasteiger partial charge in [0.15, 0.2) is 0 Å². The van der Waals surface area contributed by atoms with Gasteiger partial charge >= 0.3 is 5.97 Å². The van der Waals surface area contributed by atoms with Gasteiger partial charge in [0.25, 0.3) is 6.08 Å². The molecule has 1 heterocycles. The molecule has 0 saturated carbocycles. The second-order valence-corrected chi connectivity index (χ2v) is 3.88. The molecule has 0 atom stereocenters. The highest BCUT2D eigenvalue weighted by Gasteiger charge is 2.06. The van der Waals surface area contributed by atoms with Crippen LogP contribution in [-0.2, 0) is 4.74 Å². The molecule has 0 saturated heterocycles. The molecule has 18 heavy (non-hydrogen) atoms. The molecule has 0 N–H and O–H groups in total. The monoisotopic (exact) mass is 255 g/mol. The molecule has 0 unspecified atom stereocenters. The van der Waals surface area contributed by atoms with Gasteiger partial charge in [-0.05, 0) is 43.9 Å². The van der Waals surface area contributed by atoms with E-state index in [0.29, 0.717) is 24.8 Å². The first-order chi connectivity index (χ1) is 8.61. The molecule has 0 spiro atoms. The van der Waals surface area contributed by atoms with Gasteiger partial charge in [-0.2, -0.15) is 8.78 Å². The third-order valence-electron chi connectivity index (χ3n) is 2.40. The van der Waals surface area contributed by atoms with Crippen LogP contribution in [0.1, 0.15) is 36.5 Å². The molecule has 0 aliphatic heterocycles. The molecule has 5 heteroatoms. The number of carbonyl (C=O) groups is 1. The lowest BCUT2D eigenvalue weighted by Crippen LogP contribution is -2.06. The van der Waals surface area contributed by atoms with Crippen LogP contribution in [0.15, 0.2) is 36.2 Å². The van der Waals surface area contributed by atoms with Gasteiger partial charge in [0.1, 0.15) is 0 Å². The normalized spacial score (nSPS) is 9.94. The largest absolute Gasteiger partial charge is 0.462 e. The molecule has 0 radical (unpaired) electrons. The van der Waals surface area contributed by atoms with E-state index in [1.165, 1.54) is 13.1 Å². The van der Waals surface area contributed by atoms with E-state index in [-0.39, 0.29) is 12.2 Å². The highest BCUT2D eigenvalue weighted by atomic mass is 19.3. The average molecular weight is 255 g/mol. The molecular formula is C13H15F2NO2. The molecule has 3 nitrogen and oxygen atoms in total. The van der Waals surface area contributed by atoms with Crippen LogP contribution < -0.4 is 0 Å². The van der Waals surface area contributed by atoms with Crippen LogP contribution in [0.5, 0.6) is 0 Å². The third-order valence-corrected chi connectivity index (χ3v) is 2.40. The molecule has 0 fully saturated rings. The summed E-state index contributed by atoms with van der Waals surface area (Å²) < 4.78 is 29.1. The Hall–Kier alpha value is -1.78. The van der Waals surface area contributed by atoms with Gasteiger partial charge in [-0.1, -0.05) is 0 Å². The lowest BCUT2D eigenvalue weighted by molar-refractivity contribution is 0.0498. The fourth-order valence-electron chi connectivity index (χ4n) is 1.32. The van der Waals surface area contributed by atoms with Crippen LogP contribution in [-0.4, -0.2) is 17.6 Å². The van der Waals surface area contributed by atoms with E-state index in [1.54, 1.807) is 18.3 Å². The van der Waals surface area contributed by atoms with E-state index in [1.807, 2.05) is 0 Å². The molecule has 0 aliphatic rings. The Bertz CT molecular complexity index is 414. The fourth-order valence-corrected chi connectivity index (χ4v) is 1.32. The number of carbonyl (C=O) groups excluding carboxylic acids is 1. The molecule has 1 rings (SSSR count). The predicted octanol–water partition coefficient (Wildman–Crippen LogP) is 3.58. The van der Waals surface area contributed by atoms with Crippen LogP contribution >= 0.6 is 0 Å². The molecule has 1 aromatic heterocycles. The molecule has 0 bridgehead atoms. The molecule has 0 amide bonds. The summed E-state index contributed by atoms with van der Waals surface area (Å²) in [6.07, 6.45) is 2.83. The van der Waals surface area contributed by atoms with Crippen molar-refractivity contribution < 1.29 is 18.3 Å². The molecule has 98 valence electrons. The standard InChI is InChI=1S/C13H15F2NO2/c1-10(12(14)15)5-2-3-8-18-13(17)11-6-4-7-16-9-11/h4,6-7,9H,2-3,5,8H2,1H3.